The average molecular weight is 450 g/mol. The van der Waals surface area contributed by atoms with Gasteiger partial charge < -0.3 is 19.5 Å². The molecule has 0 fully saturated rings. The highest BCUT2D eigenvalue weighted by atomic mass is 32.2. The first kappa shape index (κ1) is 23.1. The number of amides is 1. The van der Waals surface area contributed by atoms with E-state index in [0.717, 1.165) is 11.3 Å². The third-order valence-corrected chi connectivity index (χ3v) is 5.91. The molecule has 0 aliphatic carbocycles. The number of nitrogens with zero attached hydrogens (tertiary/aromatic N) is 2. The molecule has 2 heterocycles. The Morgan fingerprint density at radius 3 is 2.16 bits per heavy atom. The van der Waals surface area contributed by atoms with Gasteiger partial charge in [0.05, 0.1) is 42.6 Å². The Morgan fingerprint density at radius 1 is 1.06 bits per heavy atom. The Balaban J connectivity index is 2.02. The van der Waals surface area contributed by atoms with E-state index in [0.29, 0.717) is 60.0 Å². The van der Waals surface area contributed by atoms with Crippen molar-refractivity contribution in [3.63, 3.8) is 0 Å². The summed E-state index contributed by atoms with van der Waals surface area (Å²) in [5, 5.41) is 7.63. The van der Waals surface area contributed by atoms with Crippen LogP contribution in [0.1, 0.15) is 63.2 Å². The third-order valence-electron chi connectivity index (χ3n) is 4.71. The van der Waals surface area contributed by atoms with E-state index < -0.39 is 10.8 Å². The second-order valence-electron chi connectivity index (χ2n) is 8.14. The molecule has 0 saturated heterocycles. The van der Waals surface area contributed by atoms with Crippen LogP contribution in [0.15, 0.2) is 12.1 Å². The fourth-order valence-corrected chi connectivity index (χ4v) is 4.71. The van der Waals surface area contributed by atoms with Crippen LogP contribution >= 0.6 is 0 Å². The highest BCUT2D eigenvalue weighted by molar-refractivity contribution is 7.83. The van der Waals surface area contributed by atoms with Crippen LogP contribution in [-0.4, -0.2) is 39.7 Å². The van der Waals surface area contributed by atoms with Gasteiger partial charge in [0.1, 0.15) is 5.82 Å². The second-order valence-corrected chi connectivity index (χ2v) is 9.60. The van der Waals surface area contributed by atoms with Crippen LogP contribution in [0.25, 0.3) is 0 Å². The Labute approximate surface area is 185 Å². The molecule has 1 aromatic carbocycles. The minimum atomic E-state index is -0.995. The summed E-state index contributed by atoms with van der Waals surface area (Å²) >= 11 is 0. The zero-order valence-electron chi connectivity index (χ0n) is 19.0. The second kappa shape index (κ2) is 9.30. The van der Waals surface area contributed by atoms with Crippen LogP contribution in [0.4, 0.5) is 5.82 Å². The highest BCUT2D eigenvalue weighted by Crippen LogP contribution is 2.40. The predicted octanol–water partition coefficient (Wildman–Crippen LogP) is 3.85. The summed E-state index contributed by atoms with van der Waals surface area (Å²) in [6.07, 6.45) is 0. The van der Waals surface area contributed by atoms with Crippen LogP contribution in [0.3, 0.4) is 0 Å². The van der Waals surface area contributed by atoms with Gasteiger partial charge in [0, 0.05) is 21.9 Å². The summed E-state index contributed by atoms with van der Waals surface area (Å²) in [6.45, 7) is 12.9. The quantitative estimate of drug-likeness (QED) is 0.658. The molecule has 0 radical (unpaired) electrons. The van der Waals surface area contributed by atoms with E-state index in [2.05, 4.69) is 10.4 Å². The predicted molar refractivity (Wildman–Crippen MR) is 121 cm³/mol. The number of hydrogen-bond acceptors (Lipinski definition) is 6. The van der Waals surface area contributed by atoms with E-state index >= 15 is 0 Å². The Bertz CT molecular complexity index is 967. The highest BCUT2D eigenvalue weighted by Gasteiger charge is 2.32. The molecular formula is C22H31N3O5S. The van der Waals surface area contributed by atoms with Gasteiger partial charge in [0.2, 0.25) is 5.75 Å². The summed E-state index contributed by atoms with van der Waals surface area (Å²) in [5.41, 5.74) is 1.65. The minimum Gasteiger partial charge on any atom is -0.490 e. The number of carbonyl (C=O) groups is 1. The lowest BCUT2D eigenvalue weighted by Gasteiger charge is -2.23. The molecule has 0 unspecified atom stereocenters. The van der Waals surface area contributed by atoms with E-state index in [9.17, 15) is 9.00 Å². The Hall–Kier alpha value is -2.55. The summed E-state index contributed by atoms with van der Waals surface area (Å²) in [7, 11) is -0.995. The topological polar surface area (TPSA) is 91.7 Å². The number of benzene rings is 1. The first-order chi connectivity index (χ1) is 14.7. The van der Waals surface area contributed by atoms with Gasteiger partial charge in [0.15, 0.2) is 11.5 Å². The number of nitrogens with one attached hydrogen (secondary N) is 1. The first-order valence-corrected chi connectivity index (χ1v) is 12.0. The van der Waals surface area contributed by atoms with Gasteiger partial charge in [-0.15, -0.1) is 0 Å². The maximum atomic E-state index is 13.3. The van der Waals surface area contributed by atoms with Crippen LogP contribution in [0.2, 0.25) is 0 Å². The van der Waals surface area contributed by atoms with E-state index in [-0.39, 0.29) is 11.4 Å². The molecule has 1 aliphatic rings. The molecule has 0 spiro atoms. The van der Waals surface area contributed by atoms with Crippen LogP contribution in [0.5, 0.6) is 17.2 Å². The largest absolute Gasteiger partial charge is 0.490 e. The molecule has 1 N–H and O–H groups in total. The third kappa shape index (κ3) is 4.87. The lowest BCUT2D eigenvalue weighted by atomic mass is 10.1. The zero-order valence-corrected chi connectivity index (χ0v) is 19.9. The molecular weight excluding hydrogens is 418 g/mol. The lowest BCUT2D eigenvalue weighted by Crippen LogP contribution is -2.27. The van der Waals surface area contributed by atoms with Crippen molar-refractivity contribution < 1.29 is 23.2 Å². The zero-order chi connectivity index (χ0) is 22.8. The number of ether oxygens (including phenoxy) is 3. The molecule has 8 nitrogen and oxygen atoms in total. The van der Waals surface area contributed by atoms with Crippen molar-refractivity contribution in [3.8, 4) is 17.2 Å². The number of rotatable bonds is 8. The van der Waals surface area contributed by atoms with Gasteiger partial charge in [-0.05, 0) is 53.7 Å². The number of anilines is 1. The van der Waals surface area contributed by atoms with Gasteiger partial charge in [-0.25, -0.2) is 4.68 Å². The Morgan fingerprint density at radius 2 is 1.65 bits per heavy atom. The molecule has 0 bridgehead atoms. The first-order valence-electron chi connectivity index (χ1n) is 10.5. The fourth-order valence-electron chi connectivity index (χ4n) is 3.44. The van der Waals surface area contributed by atoms with Gasteiger partial charge in [-0.2, -0.15) is 5.10 Å². The Kier molecular flexibility index (Phi) is 6.93. The summed E-state index contributed by atoms with van der Waals surface area (Å²) in [4.78, 5) is 13.3. The van der Waals surface area contributed by atoms with Crippen LogP contribution < -0.4 is 19.5 Å². The lowest BCUT2D eigenvalue weighted by molar-refractivity contribution is 0.102. The van der Waals surface area contributed by atoms with Crippen LogP contribution in [-0.2, 0) is 27.8 Å². The van der Waals surface area contributed by atoms with Gasteiger partial charge in [-0.3, -0.25) is 9.00 Å². The molecule has 3 rings (SSSR count). The van der Waals surface area contributed by atoms with Crippen molar-refractivity contribution >= 4 is 22.5 Å². The molecule has 31 heavy (non-hydrogen) atoms. The molecule has 1 aromatic heterocycles. The summed E-state index contributed by atoms with van der Waals surface area (Å²) in [5.74, 6) is 2.46. The standard InChI is InChI=1S/C22H31N3O5S/c1-7-28-17-10-14(11-18(29-8-2)19(17)30-9-3)21(26)23-20-15-12-31(27)13-16(15)24-25(20)22(4,5)6/h10-11H,7-9,12-13H2,1-6H3,(H,23,26)/t31-/m1/s1. The van der Waals surface area contributed by atoms with Crippen molar-refractivity contribution in [2.45, 2.75) is 58.6 Å². The van der Waals surface area contributed by atoms with Crippen molar-refractivity contribution in [2.75, 3.05) is 25.1 Å². The smallest absolute Gasteiger partial charge is 0.257 e. The number of fused-ring (bicyclic) bond motifs is 1. The normalized spacial score (nSPS) is 15.5. The molecule has 1 amide bonds. The molecule has 170 valence electrons. The van der Waals surface area contributed by atoms with Gasteiger partial charge in [-0.1, -0.05) is 0 Å². The average Bonchev–Trinajstić information content (AvgIpc) is 3.21. The van der Waals surface area contributed by atoms with Crippen LogP contribution in [0, 0.1) is 0 Å². The molecule has 9 heteroatoms. The van der Waals surface area contributed by atoms with Gasteiger partial charge in [0.25, 0.3) is 5.91 Å². The van der Waals surface area contributed by atoms with Crippen molar-refractivity contribution in [3.05, 3.63) is 29.0 Å². The monoisotopic (exact) mass is 449 g/mol. The maximum Gasteiger partial charge on any atom is 0.257 e. The molecule has 1 aliphatic heterocycles. The minimum absolute atomic E-state index is 0.323. The van der Waals surface area contributed by atoms with Crippen molar-refractivity contribution in [1.29, 1.82) is 0 Å². The van der Waals surface area contributed by atoms with Crippen molar-refractivity contribution in [1.82, 2.24) is 9.78 Å². The molecule has 0 saturated carbocycles. The SMILES string of the molecule is CCOc1cc(C(=O)Nc2c3c(nn2C(C)(C)C)C[S@](=O)C3)cc(OCC)c1OCC. The number of carbonyl (C=O) groups excluding carboxylic acids is 1. The number of hydrogen-bond donors (Lipinski definition) is 1. The summed E-state index contributed by atoms with van der Waals surface area (Å²) < 4.78 is 31.0. The molecule has 1 atom stereocenters. The molecule has 2 aromatic rings. The van der Waals surface area contributed by atoms with E-state index in [1.54, 1.807) is 16.8 Å². The van der Waals surface area contributed by atoms with E-state index in [4.69, 9.17) is 14.2 Å². The summed E-state index contributed by atoms with van der Waals surface area (Å²) in [6, 6.07) is 3.31. The van der Waals surface area contributed by atoms with E-state index in [1.165, 1.54) is 0 Å². The maximum absolute atomic E-state index is 13.3. The number of aromatic nitrogens is 2. The van der Waals surface area contributed by atoms with Crippen molar-refractivity contribution in [2.24, 2.45) is 0 Å². The fraction of sp³-hybridized carbons (Fsp3) is 0.545. The van der Waals surface area contributed by atoms with E-state index in [1.807, 2.05) is 41.5 Å². The van der Waals surface area contributed by atoms with Gasteiger partial charge >= 0.3 is 0 Å².